The standard InChI is InChI=1S/C25H39F3N4O3/c1-18(25(26,27)28)35-22(33)31-11-8-24(9-12-31)7-10-30(17-24)16-20-15-21(23(2,3)4)29-32(20)19-5-13-34-14-6-19/h15,18-19H,5-14,16-17H2,1-4H3. The van der Waals surface area contributed by atoms with Crippen LogP contribution in [-0.4, -0.2) is 77.3 Å². The fraction of sp³-hybridized carbons (Fsp3) is 0.840. The highest BCUT2D eigenvalue weighted by atomic mass is 19.4. The zero-order valence-electron chi connectivity index (χ0n) is 21.4. The van der Waals surface area contributed by atoms with Crippen LogP contribution in [0.15, 0.2) is 6.07 Å². The van der Waals surface area contributed by atoms with Crippen molar-refractivity contribution in [1.29, 1.82) is 0 Å². The van der Waals surface area contributed by atoms with Crippen LogP contribution in [0.2, 0.25) is 0 Å². The molecule has 3 aliphatic rings. The first kappa shape index (κ1) is 26.3. The Balaban J connectivity index is 1.36. The molecule has 3 aliphatic heterocycles. The lowest BCUT2D eigenvalue weighted by Crippen LogP contribution is -2.46. The fourth-order valence-electron chi connectivity index (χ4n) is 5.42. The summed E-state index contributed by atoms with van der Waals surface area (Å²) in [4.78, 5) is 16.1. The third-order valence-corrected chi connectivity index (χ3v) is 7.84. The summed E-state index contributed by atoms with van der Waals surface area (Å²) in [5.41, 5.74) is 2.42. The van der Waals surface area contributed by atoms with E-state index in [4.69, 9.17) is 9.84 Å². The van der Waals surface area contributed by atoms with Gasteiger partial charge in [0.25, 0.3) is 0 Å². The van der Waals surface area contributed by atoms with Crippen LogP contribution in [0.3, 0.4) is 0 Å². The molecule has 0 aromatic carbocycles. The quantitative estimate of drug-likeness (QED) is 0.588. The van der Waals surface area contributed by atoms with Gasteiger partial charge >= 0.3 is 12.3 Å². The van der Waals surface area contributed by atoms with Gasteiger partial charge in [-0.1, -0.05) is 20.8 Å². The van der Waals surface area contributed by atoms with E-state index in [2.05, 4.69) is 41.2 Å². The topological polar surface area (TPSA) is 59.8 Å². The third-order valence-electron chi connectivity index (χ3n) is 7.84. The predicted octanol–water partition coefficient (Wildman–Crippen LogP) is 4.91. The molecule has 0 saturated carbocycles. The second-order valence-corrected chi connectivity index (χ2v) is 11.6. The largest absolute Gasteiger partial charge is 0.437 e. The summed E-state index contributed by atoms with van der Waals surface area (Å²) in [6.07, 6.45) is -2.95. The number of alkyl halides is 3. The smallest absolute Gasteiger partial charge is 0.425 e. The highest BCUT2D eigenvalue weighted by molar-refractivity contribution is 5.68. The lowest BCUT2D eigenvalue weighted by molar-refractivity contribution is -0.200. The Morgan fingerprint density at radius 1 is 1.17 bits per heavy atom. The van der Waals surface area contributed by atoms with E-state index in [0.717, 1.165) is 77.6 Å². The first-order valence-corrected chi connectivity index (χ1v) is 12.8. The molecule has 1 aromatic heterocycles. The van der Waals surface area contributed by atoms with E-state index in [-0.39, 0.29) is 10.8 Å². The Morgan fingerprint density at radius 2 is 1.80 bits per heavy atom. The van der Waals surface area contributed by atoms with Gasteiger partial charge in [0.05, 0.1) is 17.4 Å². The van der Waals surface area contributed by atoms with E-state index in [9.17, 15) is 18.0 Å². The first-order chi connectivity index (χ1) is 16.4. The summed E-state index contributed by atoms with van der Waals surface area (Å²) < 4.78 is 50.7. The van der Waals surface area contributed by atoms with Crippen LogP contribution in [0.5, 0.6) is 0 Å². The average molecular weight is 501 g/mol. The van der Waals surface area contributed by atoms with Gasteiger partial charge in [0.2, 0.25) is 0 Å². The molecule has 198 valence electrons. The molecule has 4 rings (SSSR count). The summed E-state index contributed by atoms with van der Waals surface area (Å²) in [7, 11) is 0. The van der Waals surface area contributed by atoms with E-state index in [0.29, 0.717) is 19.1 Å². The van der Waals surface area contributed by atoms with Gasteiger partial charge in [-0.15, -0.1) is 0 Å². The molecule has 0 bridgehead atoms. The molecule has 35 heavy (non-hydrogen) atoms. The number of halogens is 3. The lowest BCUT2D eigenvalue weighted by atomic mass is 9.78. The Labute approximate surface area is 205 Å². The van der Waals surface area contributed by atoms with Crippen molar-refractivity contribution in [2.45, 2.75) is 90.1 Å². The maximum Gasteiger partial charge on any atom is 0.425 e. The molecule has 1 atom stereocenters. The molecule has 7 nitrogen and oxygen atoms in total. The van der Waals surface area contributed by atoms with Crippen LogP contribution in [-0.2, 0) is 21.4 Å². The minimum absolute atomic E-state index is 0.0253. The van der Waals surface area contributed by atoms with Crippen LogP contribution in [0, 0.1) is 5.41 Å². The summed E-state index contributed by atoms with van der Waals surface area (Å²) in [6.45, 7) is 12.6. The Morgan fingerprint density at radius 3 is 2.40 bits per heavy atom. The van der Waals surface area contributed by atoms with Crippen molar-refractivity contribution in [3.05, 3.63) is 17.5 Å². The first-order valence-electron chi connectivity index (χ1n) is 12.8. The lowest BCUT2D eigenvalue weighted by Gasteiger charge is -2.39. The van der Waals surface area contributed by atoms with Crippen molar-refractivity contribution in [2.24, 2.45) is 5.41 Å². The SMILES string of the molecule is CC(OC(=O)N1CCC2(CCN(Cc3cc(C(C)(C)C)nn3C3CCOCC3)C2)CC1)C(F)(F)F. The van der Waals surface area contributed by atoms with Crippen molar-refractivity contribution in [2.75, 3.05) is 39.4 Å². The highest BCUT2D eigenvalue weighted by Crippen LogP contribution is 2.41. The molecule has 1 spiro atoms. The molecule has 1 amide bonds. The molecule has 0 radical (unpaired) electrons. The molecule has 3 saturated heterocycles. The number of nitrogens with zero attached hydrogens (tertiary/aromatic N) is 4. The van der Waals surface area contributed by atoms with Crippen molar-refractivity contribution < 1.29 is 27.4 Å². The Kier molecular flexibility index (Phi) is 7.44. The zero-order valence-corrected chi connectivity index (χ0v) is 21.4. The summed E-state index contributed by atoms with van der Waals surface area (Å²) >= 11 is 0. The molecule has 0 aliphatic carbocycles. The van der Waals surface area contributed by atoms with Gasteiger partial charge in [0, 0.05) is 44.8 Å². The molecule has 10 heteroatoms. The van der Waals surface area contributed by atoms with E-state index < -0.39 is 18.4 Å². The highest BCUT2D eigenvalue weighted by Gasteiger charge is 2.44. The van der Waals surface area contributed by atoms with Crippen molar-refractivity contribution in [3.63, 3.8) is 0 Å². The number of hydrogen-bond donors (Lipinski definition) is 0. The molecule has 3 fully saturated rings. The molecule has 1 unspecified atom stereocenters. The van der Waals surface area contributed by atoms with Gasteiger partial charge in [-0.3, -0.25) is 9.58 Å². The summed E-state index contributed by atoms with van der Waals surface area (Å²) in [5, 5.41) is 5.02. The second kappa shape index (κ2) is 9.92. The number of rotatable bonds is 4. The van der Waals surface area contributed by atoms with Crippen LogP contribution in [0.25, 0.3) is 0 Å². The minimum Gasteiger partial charge on any atom is -0.437 e. The van der Waals surface area contributed by atoms with Crippen molar-refractivity contribution in [3.8, 4) is 0 Å². The Bertz CT molecular complexity index is 881. The van der Waals surface area contributed by atoms with Gasteiger partial charge in [-0.25, -0.2) is 4.79 Å². The normalized spacial score (nSPS) is 23.1. The third kappa shape index (κ3) is 6.13. The van der Waals surface area contributed by atoms with E-state index in [1.165, 1.54) is 10.6 Å². The van der Waals surface area contributed by atoms with Crippen molar-refractivity contribution >= 4 is 6.09 Å². The summed E-state index contributed by atoms with van der Waals surface area (Å²) in [5.74, 6) is 0. The number of likely N-dealkylation sites (tertiary alicyclic amines) is 2. The number of carbonyl (C=O) groups excluding carboxylic acids is 1. The van der Waals surface area contributed by atoms with E-state index in [1.54, 1.807) is 0 Å². The van der Waals surface area contributed by atoms with Crippen LogP contribution >= 0.6 is 0 Å². The summed E-state index contributed by atoms with van der Waals surface area (Å²) in [6, 6.07) is 2.61. The van der Waals surface area contributed by atoms with Gasteiger partial charge in [-0.05, 0) is 57.1 Å². The van der Waals surface area contributed by atoms with Crippen LogP contribution in [0.4, 0.5) is 18.0 Å². The van der Waals surface area contributed by atoms with Crippen LogP contribution < -0.4 is 0 Å². The monoisotopic (exact) mass is 500 g/mol. The molecule has 0 N–H and O–H groups in total. The van der Waals surface area contributed by atoms with Crippen LogP contribution in [0.1, 0.15) is 77.2 Å². The number of hydrogen-bond acceptors (Lipinski definition) is 5. The number of carbonyl (C=O) groups is 1. The van der Waals surface area contributed by atoms with Gasteiger partial charge in [0.1, 0.15) is 0 Å². The minimum atomic E-state index is -4.54. The Hall–Kier alpha value is -1.81. The average Bonchev–Trinajstić information content (AvgIpc) is 3.39. The molecular formula is C25H39F3N4O3. The van der Waals surface area contributed by atoms with Gasteiger partial charge in [0.15, 0.2) is 6.10 Å². The number of ether oxygens (including phenoxy) is 2. The maximum absolute atomic E-state index is 12.7. The molecule has 1 aromatic rings. The maximum atomic E-state index is 12.7. The van der Waals surface area contributed by atoms with Gasteiger partial charge in [-0.2, -0.15) is 18.3 Å². The zero-order chi connectivity index (χ0) is 25.4. The molecular weight excluding hydrogens is 461 g/mol. The second-order valence-electron chi connectivity index (χ2n) is 11.6. The van der Waals surface area contributed by atoms with E-state index in [1.807, 2.05) is 0 Å². The molecule has 4 heterocycles. The number of aromatic nitrogens is 2. The number of piperidine rings is 1. The van der Waals surface area contributed by atoms with Gasteiger partial charge < -0.3 is 14.4 Å². The van der Waals surface area contributed by atoms with E-state index >= 15 is 0 Å². The number of amides is 1. The fourth-order valence-corrected chi connectivity index (χ4v) is 5.42. The van der Waals surface area contributed by atoms with Crippen molar-refractivity contribution in [1.82, 2.24) is 19.6 Å². The predicted molar refractivity (Wildman–Crippen MR) is 125 cm³/mol.